The van der Waals surface area contributed by atoms with Crippen LogP contribution in [-0.4, -0.2) is 24.1 Å². The Kier molecular flexibility index (Phi) is 10.3. The SMILES string of the molecule is [C-]#[N+]c1ccc(-c2ccc(-c3cc(-c4nc(-c5ccccc5)nc(-c5ccccc5)n4)ccc3-n3c4ccccc4c4c5c(ccc43)-c3ccccc3C5(C)C)c(-n3c4ccccc4c4c5c(ccc43)-c3ccccc3C5(C)C)c2)cc1. The molecular weight excluding hydrogens is 997 g/mol. The summed E-state index contributed by atoms with van der Waals surface area (Å²) >= 11 is 0. The fourth-order valence-corrected chi connectivity index (χ4v) is 14.1. The summed E-state index contributed by atoms with van der Waals surface area (Å²) in [6.45, 7) is 17.3. The van der Waals surface area contributed by atoms with Crippen LogP contribution in [0.4, 0.5) is 5.69 Å². The molecule has 0 saturated carbocycles. The highest BCUT2D eigenvalue weighted by Gasteiger charge is 2.40. The van der Waals surface area contributed by atoms with Gasteiger partial charge in [-0.15, -0.1) is 0 Å². The molecule has 0 N–H and O–H groups in total. The monoisotopic (exact) mass is 1050 g/mol. The molecule has 14 aromatic rings. The van der Waals surface area contributed by atoms with Crippen LogP contribution in [0, 0.1) is 6.57 Å². The number of fused-ring (bicyclic) bond motifs is 14. The van der Waals surface area contributed by atoms with Crippen molar-refractivity contribution < 1.29 is 0 Å². The Morgan fingerprint density at radius 1 is 0.329 bits per heavy atom. The van der Waals surface area contributed by atoms with E-state index in [1.807, 2.05) is 48.5 Å². The van der Waals surface area contributed by atoms with Crippen LogP contribution in [0.15, 0.2) is 243 Å². The average Bonchev–Trinajstić information content (AvgIpc) is 2.35. The third kappa shape index (κ3) is 6.90. The summed E-state index contributed by atoms with van der Waals surface area (Å²) < 4.78 is 5.01. The number of nitrogens with zero attached hydrogens (tertiary/aromatic N) is 6. The van der Waals surface area contributed by atoms with Gasteiger partial charge in [-0.25, -0.2) is 19.8 Å². The van der Waals surface area contributed by atoms with Gasteiger partial charge in [-0.1, -0.05) is 222 Å². The summed E-state index contributed by atoms with van der Waals surface area (Å²) in [6, 6.07) is 87.2. The summed E-state index contributed by atoms with van der Waals surface area (Å²) in [4.78, 5) is 19.5. The zero-order chi connectivity index (χ0) is 55.0. The Morgan fingerprint density at radius 3 is 1.30 bits per heavy atom. The molecule has 0 fully saturated rings. The maximum absolute atomic E-state index is 7.81. The predicted octanol–water partition coefficient (Wildman–Crippen LogP) is 19.6. The molecule has 82 heavy (non-hydrogen) atoms. The van der Waals surface area contributed by atoms with Gasteiger partial charge in [0.1, 0.15) is 0 Å². The molecule has 2 aliphatic rings. The van der Waals surface area contributed by atoms with Gasteiger partial charge in [0, 0.05) is 60.2 Å². The van der Waals surface area contributed by atoms with Crippen LogP contribution in [0.1, 0.15) is 49.9 Å². The molecule has 0 spiro atoms. The van der Waals surface area contributed by atoms with Gasteiger partial charge >= 0.3 is 0 Å². The first-order valence-corrected chi connectivity index (χ1v) is 28.1. The second kappa shape index (κ2) is 17.8. The van der Waals surface area contributed by atoms with Crippen LogP contribution < -0.4 is 0 Å². The molecule has 11 aromatic carbocycles. The number of benzene rings is 11. The Balaban J connectivity index is 1.03. The molecule has 3 heterocycles. The van der Waals surface area contributed by atoms with Crippen molar-refractivity contribution in [3.05, 3.63) is 276 Å². The fourth-order valence-electron chi connectivity index (χ4n) is 14.1. The molecule has 386 valence electrons. The van der Waals surface area contributed by atoms with E-state index in [4.69, 9.17) is 21.5 Å². The largest absolute Gasteiger partial charge is 0.309 e. The van der Waals surface area contributed by atoms with E-state index in [0.29, 0.717) is 23.2 Å². The highest BCUT2D eigenvalue weighted by molar-refractivity contribution is 6.17. The van der Waals surface area contributed by atoms with E-state index < -0.39 is 0 Å². The Labute approximate surface area is 475 Å². The Bertz CT molecular complexity index is 4980. The smallest absolute Gasteiger partial charge is 0.187 e. The van der Waals surface area contributed by atoms with Crippen LogP contribution in [0.3, 0.4) is 0 Å². The first-order valence-electron chi connectivity index (χ1n) is 28.1. The standard InChI is InChI=1S/C76H52N6/c1-75(2)60-28-16-12-24-52(60)55-39-42-65-68(70(55)75)57-26-14-18-30-62(57)81(65)64-41-35-50(74-79-72(47-20-8-6-9-21-47)78-73(80-74)48-22-10-7-11-23-48)44-59(64)54-38-34-49(46-32-36-51(77-5)37-33-46)45-67(54)82-63-31-19-15-27-58(63)69-66(82)43-40-56-53-25-13-17-29-61(53)76(3,4)71(56)69/h6-45H,1-4H3. The van der Waals surface area contributed by atoms with Crippen molar-refractivity contribution in [3.63, 3.8) is 0 Å². The van der Waals surface area contributed by atoms with Gasteiger partial charge < -0.3 is 9.13 Å². The lowest BCUT2D eigenvalue weighted by Crippen LogP contribution is -2.15. The van der Waals surface area contributed by atoms with Gasteiger partial charge in [0.25, 0.3) is 0 Å². The van der Waals surface area contributed by atoms with Gasteiger partial charge in [0.15, 0.2) is 23.2 Å². The van der Waals surface area contributed by atoms with Crippen LogP contribution in [0.5, 0.6) is 0 Å². The number of para-hydroxylation sites is 2. The molecule has 0 bridgehead atoms. The minimum absolute atomic E-state index is 0.249. The number of aromatic nitrogens is 5. The molecule has 0 aliphatic heterocycles. The fraction of sp³-hybridized carbons (Fsp3) is 0.0789. The summed E-state index contributed by atoms with van der Waals surface area (Å²) in [5.41, 5.74) is 24.0. The highest BCUT2D eigenvalue weighted by atomic mass is 15.0. The third-order valence-electron chi connectivity index (χ3n) is 17.8. The molecule has 6 heteroatoms. The zero-order valence-electron chi connectivity index (χ0n) is 45.8. The minimum atomic E-state index is -0.258. The number of hydrogen-bond donors (Lipinski definition) is 0. The first-order chi connectivity index (χ1) is 40.2. The molecule has 16 rings (SSSR count). The van der Waals surface area contributed by atoms with Crippen molar-refractivity contribution in [2.24, 2.45) is 0 Å². The molecule has 0 radical (unpaired) electrons. The summed E-state index contributed by atoms with van der Waals surface area (Å²) in [5, 5.41) is 4.93. The predicted molar refractivity (Wildman–Crippen MR) is 337 cm³/mol. The van der Waals surface area contributed by atoms with E-state index in [9.17, 15) is 0 Å². The zero-order valence-corrected chi connectivity index (χ0v) is 45.8. The maximum atomic E-state index is 7.81. The van der Waals surface area contributed by atoms with Gasteiger partial charge in [0.05, 0.1) is 40.0 Å². The lowest BCUT2D eigenvalue weighted by Gasteiger charge is -2.23. The van der Waals surface area contributed by atoms with Crippen molar-refractivity contribution in [1.29, 1.82) is 0 Å². The third-order valence-corrected chi connectivity index (χ3v) is 17.8. The van der Waals surface area contributed by atoms with Crippen LogP contribution in [0.2, 0.25) is 0 Å². The quantitative estimate of drug-likeness (QED) is 0.149. The van der Waals surface area contributed by atoms with E-state index in [-0.39, 0.29) is 10.8 Å². The van der Waals surface area contributed by atoms with E-state index in [1.165, 1.54) is 66.1 Å². The average molecular weight is 1050 g/mol. The van der Waals surface area contributed by atoms with Crippen molar-refractivity contribution in [3.8, 4) is 90.0 Å². The summed E-state index contributed by atoms with van der Waals surface area (Å²) in [7, 11) is 0. The Hall–Kier alpha value is -10.5. The molecule has 0 atom stereocenters. The van der Waals surface area contributed by atoms with Crippen LogP contribution in [-0.2, 0) is 10.8 Å². The van der Waals surface area contributed by atoms with Gasteiger partial charge in [-0.05, 0) is 104 Å². The van der Waals surface area contributed by atoms with Crippen LogP contribution >= 0.6 is 0 Å². The molecule has 6 nitrogen and oxygen atoms in total. The maximum Gasteiger partial charge on any atom is 0.187 e. The van der Waals surface area contributed by atoms with E-state index in [2.05, 4.69) is 236 Å². The van der Waals surface area contributed by atoms with Crippen molar-refractivity contribution in [2.75, 3.05) is 0 Å². The Morgan fingerprint density at radius 2 is 0.768 bits per heavy atom. The van der Waals surface area contributed by atoms with Gasteiger partial charge in [-0.3, -0.25) is 0 Å². The van der Waals surface area contributed by atoms with E-state index >= 15 is 0 Å². The topological polar surface area (TPSA) is 52.9 Å². The molecule has 3 aromatic heterocycles. The molecule has 0 unspecified atom stereocenters. The highest BCUT2D eigenvalue weighted by Crippen LogP contribution is 2.56. The van der Waals surface area contributed by atoms with Gasteiger partial charge in [0.2, 0.25) is 0 Å². The summed E-state index contributed by atoms with van der Waals surface area (Å²) in [6.07, 6.45) is 0. The molecule has 0 amide bonds. The molecule has 0 saturated heterocycles. The van der Waals surface area contributed by atoms with E-state index in [1.54, 1.807) is 0 Å². The van der Waals surface area contributed by atoms with Crippen molar-refractivity contribution in [2.45, 2.75) is 38.5 Å². The van der Waals surface area contributed by atoms with Crippen molar-refractivity contribution in [1.82, 2.24) is 24.1 Å². The molecule has 2 aliphatic carbocycles. The minimum Gasteiger partial charge on any atom is -0.309 e. The van der Waals surface area contributed by atoms with Crippen LogP contribution in [0.25, 0.3) is 139 Å². The lowest BCUT2D eigenvalue weighted by molar-refractivity contribution is 0.666. The second-order valence-corrected chi connectivity index (χ2v) is 23.0. The first kappa shape index (κ1) is 47.5. The normalized spacial score (nSPS) is 13.5. The number of hydrogen-bond acceptors (Lipinski definition) is 3. The second-order valence-electron chi connectivity index (χ2n) is 23.0. The summed E-state index contributed by atoms with van der Waals surface area (Å²) in [5.74, 6) is 1.78. The van der Waals surface area contributed by atoms with E-state index in [0.717, 1.165) is 72.4 Å². The lowest BCUT2D eigenvalue weighted by atomic mass is 9.80. The van der Waals surface area contributed by atoms with Crippen molar-refractivity contribution >= 4 is 49.3 Å². The van der Waals surface area contributed by atoms with Gasteiger partial charge in [-0.2, -0.15) is 0 Å². The number of rotatable bonds is 7. The molecular formula is C76H52N6.